The molecule has 0 atom stereocenters. The van der Waals surface area contributed by atoms with Crippen molar-refractivity contribution in [1.29, 1.82) is 0 Å². The number of anilines is 2. The van der Waals surface area contributed by atoms with E-state index in [1.165, 1.54) is 0 Å². The van der Waals surface area contributed by atoms with Gasteiger partial charge in [0.25, 0.3) is 11.8 Å². The van der Waals surface area contributed by atoms with Gasteiger partial charge in [0, 0.05) is 5.69 Å². The van der Waals surface area contributed by atoms with Gasteiger partial charge >= 0.3 is 5.97 Å². The standard InChI is InChI=1S/C28H25ClN2O4/c1-16(2)22-7-5-6-8-23(22)35-28(34)19-9-11-20(12-10-19)30-25-24(29)26(32)31(27(25)33)21-14-17(3)13-18(4)15-21/h5-16,30H,1-4H3. The molecule has 0 aromatic heterocycles. The molecule has 0 spiro atoms. The fourth-order valence-corrected chi connectivity index (χ4v) is 4.18. The average molecular weight is 489 g/mol. The lowest BCUT2D eigenvalue weighted by molar-refractivity contribution is -0.120. The number of amides is 2. The lowest BCUT2D eigenvalue weighted by Gasteiger charge is -2.16. The minimum absolute atomic E-state index is 0.0167. The van der Waals surface area contributed by atoms with Crippen molar-refractivity contribution in [1.82, 2.24) is 0 Å². The van der Waals surface area contributed by atoms with E-state index in [1.54, 1.807) is 42.5 Å². The first-order valence-electron chi connectivity index (χ1n) is 11.2. The summed E-state index contributed by atoms with van der Waals surface area (Å²) in [5.41, 5.74) is 4.09. The van der Waals surface area contributed by atoms with Crippen LogP contribution < -0.4 is 15.0 Å². The van der Waals surface area contributed by atoms with Gasteiger partial charge in [-0.15, -0.1) is 0 Å². The maximum Gasteiger partial charge on any atom is 0.343 e. The van der Waals surface area contributed by atoms with Crippen molar-refractivity contribution in [3.05, 3.63) is 99.7 Å². The van der Waals surface area contributed by atoms with Crippen molar-refractivity contribution < 1.29 is 19.1 Å². The van der Waals surface area contributed by atoms with Crippen molar-refractivity contribution >= 4 is 40.8 Å². The summed E-state index contributed by atoms with van der Waals surface area (Å²) in [6.07, 6.45) is 0. The van der Waals surface area contributed by atoms with Gasteiger partial charge < -0.3 is 10.1 Å². The predicted octanol–water partition coefficient (Wildman–Crippen LogP) is 6.08. The van der Waals surface area contributed by atoms with E-state index in [9.17, 15) is 14.4 Å². The van der Waals surface area contributed by atoms with Crippen LogP contribution >= 0.6 is 11.6 Å². The number of benzene rings is 3. The molecule has 1 aliphatic heterocycles. The highest BCUT2D eigenvalue weighted by Gasteiger charge is 2.39. The van der Waals surface area contributed by atoms with Crippen LogP contribution in [0, 0.1) is 13.8 Å². The van der Waals surface area contributed by atoms with E-state index in [4.69, 9.17) is 16.3 Å². The number of carbonyl (C=O) groups excluding carboxylic acids is 3. The monoisotopic (exact) mass is 488 g/mol. The van der Waals surface area contributed by atoms with Crippen LogP contribution in [0.3, 0.4) is 0 Å². The molecule has 7 heteroatoms. The summed E-state index contributed by atoms with van der Waals surface area (Å²) in [4.78, 5) is 39.5. The molecule has 0 saturated carbocycles. The fraction of sp³-hybridized carbons (Fsp3) is 0.179. The van der Waals surface area contributed by atoms with E-state index in [2.05, 4.69) is 5.32 Å². The second kappa shape index (κ2) is 9.76. The van der Waals surface area contributed by atoms with Crippen LogP contribution in [0.2, 0.25) is 0 Å². The van der Waals surface area contributed by atoms with Crippen molar-refractivity contribution in [2.24, 2.45) is 0 Å². The number of imide groups is 1. The average Bonchev–Trinajstić information content (AvgIpc) is 3.02. The molecule has 1 aliphatic rings. The number of nitrogens with one attached hydrogen (secondary N) is 1. The van der Waals surface area contributed by atoms with Crippen molar-refractivity contribution in [3.63, 3.8) is 0 Å². The van der Waals surface area contributed by atoms with Gasteiger partial charge in [-0.1, -0.05) is 49.7 Å². The molecule has 3 aromatic rings. The van der Waals surface area contributed by atoms with E-state index >= 15 is 0 Å². The molecular weight excluding hydrogens is 464 g/mol. The number of hydrogen-bond donors (Lipinski definition) is 1. The first kappa shape index (κ1) is 24.2. The third-order valence-corrected chi connectivity index (χ3v) is 5.98. The van der Waals surface area contributed by atoms with E-state index in [0.717, 1.165) is 21.6 Å². The van der Waals surface area contributed by atoms with Gasteiger partial charge in [-0.25, -0.2) is 9.69 Å². The van der Waals surface area contributed by atoms with Gasteiger partial charge in [-0.05, 0) is 78.9 Å². The highest BCUT2D eigenvalue weighted by Crippen LogP contribution is 2.31. The Kier molecular flexibility index (Phi) is 6.76. The summed E-state index contributed by atoms with van der Waals surface area (Å²) in [5, 5.41) is 2.73. The molecule has 4 rings (SSSR count). The maximum absolute atomic E-state index is 13.0. The number of nitrogens with zero attached hydrogens (tertiary/aromatic N) is 1. The van der Waals surface area contributed by atoms with Gasteiger partial charge in [-0.3, -0.25) is 9.59 Å². The third kappa shape index (κ3) is 4.98. The van der Waals surface area contributed by atoms with E-state index in [1.807, 2.05) is 52.0 Å². The van der Waals surface area contributed by atoms with Gasteiger partial charge in [-0.2, -0.15) is 0 Å². The SMILES string of the molecule is Cc1cc(C)cc(N2C(=O)C(Cl)=C(Nc3ccc(C(=O)Oc4ccccc4C(C)C)cc3)C2=O)c1. The molecule has 35 heavy (non-hydrogen) atoms. The fourth-order valence-electron chi connectivity index (χ4n) is 3.97. The van der Waals surface area contributed by atoms with Gasteiger partial charge in [0.1, 0.15) is 16.5 Å². The number of para-hydroxylation sites is 1. The van der Waals surface area contributed by atoms with Gasteiger partial charge in [0.15, 0.2) is 0 Å². The number of ether oxygens (including phenoxy) is 1. The molecule has 0 radical (unpaired) electrons. The molecule has 0 bridgehead atoms. The molecule has 0 saturated heterocycles. The summed E-state index contributed by atoms with van der Waals surface area (Å²) in [5.74, 6) is -0.895. The van der Waals surface area contributed by atoms with Crippen molar-refractivity contribution in [3.8, 4) is 5.75 Å². The van der Waals surface area contributed by atoms with E-state index in [0.29, 0.717) is 22.7 Å². The summed E-state index contributed by atoms with van der Waals surface area (Å²) < 4.78 is 5.60. The van der Waals surface area contributed by atoms with Crippen LogP contribution in [0.4, 0.5) is 11.4 Å². The summed E-state index contributed by atoms with van der Waals surface area (Å²) in [7, 11) is 0. The second-order valence-electron chi connectivity index (χ2n) is 8.77. The number of rotatable bonds is 6. The van der Waals surface area contributed by atoms with Crippen molar-refractivity contribution in [2.75, 3.05) is 10.2 Å². The van der Waals surface area contributed by atoms with Crippen LogP contribution in [0.1, 0.15) is 46.8 Å². The Morgan fingerprint density at radius 1 is 0.914 bits per heavy atom. The minimum atomic E-state index is -0.590. The second-order valence-corrected chi connectivity index (χ2v) is 9.14. The highest BCUT2D eigenvalue weighted by molar-refractivity contribution is 6.53. The Bertz CT molecular complexity index is 1340. The van der Waals surface area contributed by atoms with Crippen LogP contribution in [-0.4, -0.2) is 17.8 Å². The summed E-state index contributed by atoms with van der Waals surface area (Å²) >= 11 is 6.24. The first-order valence-corrected chi connectivity index (χ1v) is 11.6. The highest BCUT2D eigenvalue weighted by atomic mass is 35.5. The molecule has 1 heterocycles. The zero-order chi connectivity index (χ0) is 25.3. The molecular formula is C28H25ClN2O4. The van der Waals surface area contributed by atoms with Crippen LogP contribution in [0.15, 0.2) is 77.5 Å². The third-order valence-electron chi connectivity index (χ3n) is 5.63. The molecule has 6 nitrogen and oxygen atoms in total. The molecule has 0 aliphatic carbocycles. The normalized spacial score (nSPS) is 13.6. The summed E-state index contributed by atoms with van der Waals surface area (Å²) in [6, 6.07) is 19.3. The van der Waals surface area contributed by atoms with Gasteiger partial charge in [0.05, 0.1) is 11.3 Å². The minimum Gasteiger partial charge on any atom is -0.423 e. The Balaban J connectivity index is 1.50. The topological polar surface area (TPSA) is 75.7 Å². The Morgan fingerprint density at radius 3 is 2.17 bits per heavy atom. The Hall–Kier alpha value is -3.90. The van der Waals surface area contributed by atoms with E-state index < -0.39 is 17.8 Å². The Morgan fingerprint density at radius 2 is 1.54 bits per heavy atom. The van der Waals surface area contributed by atoms with Crippen LogP contribution in [0.5, 0.6) is 5.75 Å². The first-order chi connectivity index (χ1) is 16.7. The lowest BCUT2D eigenvalue weighted by atomic mass is 10.0. The molecule has 0 fully saturated rings. The zero-order valence-corrected chi connectivity index (χ0v) is 20.6. The largest absolute Gasteiger partial charge is 0.423 e. The van der Waals surface area contributed by atoms with Crippen molar-refractivity contribution in [2.45, 2.75) is 33.6 Å². The number of halogens is 1. The number of hydrogen-bond acceptors (Lipinski definition) is 5. The molecule has 178 valence electrons. The smallest absolute Gasteiger partial charge is 0.343 e. The maximum atomic E-state index is 13.0. The van der Waals surface area contributed by atoms with Crippen LogP contribution in [-0.2, 0) is 9.59 Å². The molecule has 2 amide bonds. The number of aryl methyl sites for hydroxylation is 2. The molecule has 0 unspecified atom stereocenters. The lowest BCUT2D eigenvalue weighted by Crippen LogP contribution is -2.32. The number of carbonyl (C=O) groups is 3. The predicted molar refractivity (Wildman–Crippen MR) is 137 cm³/mol. The zero-order valence-electron chi connectivity index (χ0n) is 19.9. The Labute approximate surface area is 209 Å². The molecule has 1 N–H and O–H groups in total. The van der Waals surface area contributed by atoms with Gasteiger partial charge in [0.2, 0.25) is 0 Å². The molecule has 3 aromatic carbocycles. The number of esters is 1. The van der Waals surface area contributed by atoms with Crippen LogP contribution in [0.25, 0.3) is 0 Å². The van der Waals surface area contributed by atoms with E-state index in [-0.39, 0.29) is 16.6 Å². The summed E-state index contributed by atoms with van der Waals surface area (Å²) in [6.45, 7) is 7.85. The quantitative estimate of drug-likeness (QED) is 0.258.